The number of hydrogen-bond acceptors (Lipinski definition) is 3. The summed E-state index contributed by atoms with van der Waals surface area (Å²) in [6.45, 7) is 7.78. The molecule has 0 aromatic heterocycles. The maximum absolute atomic E-state index is 13.1. The number of rotatable bonds is 3. The number of amides is 1. The Kier molecular flexibility index (Phi) is 5.18. The fraction of sp³-hybridized carbons (Fsp3) is 0.708. The lowest BCUT2D eigenvalue weighted by Crippen LogP contribution is -2.55. The molecule has 0 unspecified atom stereocenters. The highest BCUT2D eigenvalue weighted by atomic mass is 16.2. The van der Waals surface area contributed by atoms with E-state index >= 15 is 0 Å². The van der Waals surface area contributed by atoms with E-state index in [0.717, 1.165) is 31.8 Å². The number of hydrogen-bond donors (Lipinski definition) is 1. The normalized spacial score (nSPS) is 26.1. The average Bonchev–Trinajstić information content (AvgIpc) is 2.69. The number of carbonyl (C=O) groups is 1. The largest absolute Gasteiger partial charge is 0.337 e. The van der Waals surface area contributed by atoms with Crippen LogP contribution < -0.4 is 5.32 Å². The Morgan fingerprint density at radius 1 is 1.07 bits per heavy atom. The van der Waals surface area contributed by atoms with E-state index in [4.69, 9.17) is 0 Å². The van der Waals surface area contributed by atoms with E-state index in [9.17, 15) is 4.79 Å². The molecule has 4 aliphatic rings. The summed E-state index contributed by atoms with van der Waals surface area (Å²) >= 11 is 0. The van der Waals surface area contributed by atoms with Gasteiger partial charge in [0, 0.05) is 31.0 Å². The van der Waals surface area contributed by atoms with Gasteiger partial charge >= 0.3 is 0 Å². The average molecular weight is 382 g/mol. The van der Waals surface area contributed by atoms with Crippen molar-refractivity contribution in [2.45, 2.75) is 56.9 Å². The summed E-state index contributed by atoms with van der Waals surface area (Å²) in [4.78, 5) is 18.0. The minimum absolute atomic E-state index is 0.179. The van der Waals surface area contributed by atoms with Crippen LogP contribution in [0.25, 0.3) is 0 Å². The van der Waals surface area contributed by atoms with Crippen LogP contribution in [-0.2, 0) is 16.8 Å². The fourth-order valence-electron chi connectivity index (χ4n) is 5.98. The van der Waals surface area contributed by atoms with Crippen molar-refractivity contribution < 1.29 is 4.79 Å². The van der Waals surface area contributed by atoms with Crippen molar-refractivity contribution in [1.29, 1.82) is 0 Å². The molecule has 3 aliphatic heterocycles. The third-order valence-corrected chi connectivity index (χ3v) is 8.00. The van der Waals surface area contributed by atoms with Crippen molar-refractivity contribution in [3.05, 3.63) is 35.4 Å². The standard InChI is InChI=1S/C24H35N3O/c28-23(20-5-3-6-20)27-17-21-4-1-2-7-22(21)24(18-27)10-14-26(15-11-24)16-19-8-12-25-13-9-19/h1-2,4,7,19-20,25H,3,5-6,8-18H2. The number of likely N-dealkylation sites (tertiary alicyclic amines) is 1. The third-order valence-electron chi connectivity index (χ3n) is 8.00. The molecule has 1 amide bonds. The molecule has 1 aliphatic carbocycles. The molecule has 3 fully saturated rings. The second-order valence-electron chi connectivity index (χ2n) is 9.75. The zero-order chi connectivity index (χ0) is 19.0. The number of benzene rings is 1. The third kappa shape index (κ3) is 3.50. The van der Waals surface area contributed by atoms with Gasteiger partial charge in [-0.1, -0.05) is 30.7 Å². The van der Waals surface area contributed by atoms with Gasteiger partial charge in [0.15, 0.2) is 0 Å². The van der Waals surface area contributed by atoms with Crippen LogP contribution in [-0.4, -0.2) is 55.0 Å². The van der Waals surface area contributed by atoms with E-state index in [1.165, 1.54) is 76.0 Å². The predicted molar refractivity (Wildman–Crippen MR) is 112 cm³/mol. The maximum atomic E-state index is 13.1. The molecule has 28 heavy (non-hydrogen) atoms. The van der Waals surface area contributed by atoms with E-state index in [2.05, 4.69) is 39.4 Å². The Labute approximate surface area is 169 Å². The van der Waals surface area contributed by atoms with Gasteiger partial charge in [0.25, 0.3) is 0 Å². The minimum Gasteiger partial charge on any atom is -0.337 e. The minimum atomic E-state index is 0.179. The topological polar surface area (TPSA) is 35.6 Å². The first-order valence-corrected chi connectivity index (χ1v) is 11.5. The van der Waals surface area contributed by atoms with Gasteiger partial charge in [-0.15, -0.1) is 0 Å². The molecule has 1 aromatic carbocycles. The second kappa shape index (κ2) is 7.79. The van der Waals surface area contributed by atoms with Crippen molar-refractivity contribution in [3.63, 3.8) is 0 Å². The predicted octanol–water partition coefficient (Wildman–Crippen LogP) is 3.16. The van der Waals surface area contributed by atoms with Crippen LogP contribution in [0.3, 0.4) is 0 Å². The van der Waals surface area contributed by atoms with Crippen LogP contribution in [0.1, 0.15) is 56.1 Å². The Balaban J connectivity index is 1.30. The lowest BCUT2D eigenvalue weighted by Gasteiger charge is -2.50. The highest BCUT2D eigenvalue weighted by Crippen LogP contribution is 2.43. The second-order valence-corrected chi connectivity index (χ2v) is 9.75. The molecule has 1 aromatic rings. The molecular formula is C24H35N3O. The van der Waals surface area contributed by atoms with Crippen molar-refractivity contribution >= 4 is 5.91 Å². The Morgan fingerprint density at radius 3 is 2.54 bits per heavy atom. The summed E-state index contributed by atoms with van der Waals surface area (Å²) in [6, 6.07) is 8.96. The summed E-state index contributed by atoms with van der Waals surface area (Å²) in [6.07, 6.45) is 8.49. The molecule has 1 spiro atoms. The molecule has 5 rings (SSSR count). The quantitative estimate of drug-likeness (QED) is 0.874. The van der Waals surface area contributed by atoms with Gasteiger partial charge in [0.05, 0.1) is 0 Å². The number of nitrogens with zero attached hydrogens (tertiary/aromatic N) is 2. The molecule has 1 saturated carbocycles. The number of nitrogens with one attached hydrogen (secondary N) is 1. The highest BCUT2D eigenvalue weighted by molar-refractivity contribution is 5.80. The summed E-state index contributed by atoms with van der Waals surface area (Å²) in [5.74, 6) is 1.60. The maximum Gasteiger partial charge on any atom is 0.226 e. The van der Waals surface area contributed by atoms with Crippen LogP contribution in [0.15, 0.2) is 24.3 Å². The molecule has 4 nitrogen and oxygen atoms in total. The number of piperidine rings is 2. The molecule has 0 atom stereocenters. The Hall–Kier alpha value is -1.39. The highest BCUT2D eigenvalue weighted by Gasteiger charge is 2.44. The first-order valence-electron chi connectivity index (χ1n) is 11.5. The van der Waals surface area contributed by atoms with Crippen LogP contribution in [0, 0.1) is 11.8 Å². The van der Waals surface area contributed by atoms with Gasteiger partial charge < -0.3 is 15.1 Å². The first-order chi connectivity index (χ1) is 13.7. The van der Waals surface area contributed by atoms with E-state index in [1.54, 1.807) is 0 Å². The van der Waals surface area contributed by atoms with Gasteiger partial charge in [-0.3, -0.25) is 4.79 Å². The Morgan fingerprint density at radius 2 is 1.82 bits per heavy atom. The zero-order valence-electron chi connectivity index (χ0n) is 17.2. The fourth-order valence-corrected chi connectivity index (χ4v) is 5.98. The molecule has 4 heteroatoms. The van der Waals surface area contributed by atoms with Gasteiger partial charge in [-0.05, 0) is 81.7 Å². The molecule has 152 valence electrons. The van der Waals surface area contributed by atoms with Gasteiger partial charge in [0.1, 0.15) is 0 Å². The zero-order valence-corrected chi connectivity index (χ0v) is 17.2. The molecule has 3 heterocycles. The smallest absolute Gasteiger partial charge is 0.226 e. The van der Waals surface area contributed by atoms with Gasteiger partial charge in [-0.2, -0.15) is 0 Å². The summed E-state index contributed by atoms with van der Waals surface area (Å²) in [5.41, 5.74) is 3.11. The van der Waals surface area contributed by atoms with Crippen LogP contribution in [0.2, 0.25) is 0 Å². The van der Waals surface area contributed by atoms with E-state index in [-0.39, 0.29) is 5.41 Å². The van der Waals surface area contributed by atoms with Crippen molar-refractivity contribution in [2.75, 3.05) is 39.3 Å². The summed E-state index contributed by atoms with van der Waals surface area (Å²) < 4.78 is 0. The monoisotopic (exact) mass is 381 g/mol. The molecule has 1 N–H and O–H groups in total. The van der Waals surface area contributed by atoms with Crippen LogP contribution in [0.4, 0.5) is 0 Å². The Bertz CT molecular complexity index is 700. The van der Waals surface area contributed by atoms with E-state index < -0.39 is 0 Å². The number of fused-ring (bicyclic) bond motifs is 2. The van der Waals surface area contributed by atoms with Crippen molar-refractivity contribution in [3.8, 4) is 0 Å². The van der Waals surface area contributed by atoms with Gasteiger partial charge in [0.2, 0.25) is 5.91 Å². The summed E-state index contributed by atoms with van der Waals surface area (Å²) in [7, 11) is 0. The number of carbonyl (C=O) groups excluding carboxylic acids is 1. The van der Waals surface area contributed by atoms with Crippen LogP contribution in [0.5, 0.6) is 0 Å². The molecule has 0 radical (unpaired) electrons. The molecule has 0 bridgehead atoms. The van der Waals surface area contributed by atoms with Crippen molar-refractivity contribution in [1.82, 2.24) is 15.1 Å². The van der Waals surface area contributed by atoms with Crippen LogP contribution >= 0.6 is 0 Å². The lowest BCUT2D eigenvalue weighted by molar-refractivity contribution is -0.140. The van der Waals surface area contributed by atoms with E-state index in [0.29, 0.717) is 11.8 Å². The lowest BCUT2D eigenvalue weighted by atomic mass is 9.68. The van der Waals surface area contributed by atoms with E-state index in [1.807, 2.05) is 0 Å². The molecule has 2 saturated heterocycles. The van der Waals surface area contributed by atoms with Gasteiger partial charge in [-0.25, -0.2) is 0 Å². The summed E-state index contributed by atoms with van der Waals surface area (Å²) in [5, 5.41) is 3.49. The SMILES string of the molecule is O=C(C1CCC1)N1Cc2ccccc2C2(CCN(CC3CCNCC3)CC2)C1. The molecular weight excluding hydrogens is 346 g/mol. The first kappa shape index (κ1) is 18.6. The van der Waals surface area contributed by atoms with Crippen molar-refractivity contribution in [2.24, 2.45) is 11.8 Å².